The highest BCUT2D eigenvalue weighted by Gasteiger charge is 2.31. The number of primary amides is 1. The van der Waals surface area contributed by atoms with E-state index in [1.54, 1.807) is 4.90 Å². The summed E-state index contributed by atoms with van der Waals surface area (Å²) in [6.45, 7) is 6.50. The van der Waals surface area contributed by atoms with Crippen LogP contribution < -0.4 is 11.1 Å². The number of likely N-dealkylation sites (tertiary alicyclic amines) is 1. The third-order valence-corrected chi connectivity index (χ3v) is 4.59. The van der Waals surface area contributed by atoms with Gasteiger partial charge in [-0.2, -0.15) is 0 Å². The Bertz CT molecular complexity index is 331. The van der Waals surface area contributed by atoms with Crippen LogP contribution >= 0.6 is 0 Å². The zero-order valence-corrected chi connectivity index (χ0v) is 12.7. The van der Waals surface area contributed by atoms with E-state index in [9.17, 15) is 9.90 Å². The normalized spacial score (nSPS) is 28.7. The minimum atomic E-state index is -0.341. The van der Waals surface area contributed by atoms with Crippen LogP contribution in [0.2, 0.25) is 0 Å². The molecule has 1 saturated carbocycles. The molecule has 2 fully saturated rings. The van der Waals surface area contributed by atoms with E-state index >= 15 is 0 Å². The largest absolute Gasteiger partial charge is 0.393 e. The fourth-order valence-electron chi connectivity index (χ4n) is 2.97. The number of nitrogens with two attached hydrogens (primary N) is 1. The van der Waals surface area contributed by atoms with E-state index in [0.717, 1.165) is 25.3 Å². The van der Waals surface area contributed by atoms with Gasteiger partial charge in [-0.25, -0.2) is 4.79 Å². The molecule has 0 aromatic rings. The molecule has 2 amide bonds. The summed E-state index contributed by atoms with van der Waals surface area (Å²) in [5.74, 6) is 1.43. The Labute approximate surface area is 121 Å². The molecular weight excluding hydrogens is 254 g/mol. The van der Waals surface area contributed by atoms with Gasteiger partial charge in [0.25, 0.3) is 0 Å². The molecule has 20 heavy (non-hydrogen) atoms. The van der Waals surface area contributed by atoms with Gasteiger partial charge in [0.05, 0.1) is 6.10 Å². The van der Waals surface area contributed by atoms with E-state index in [2.05, 4.69) is 5.32 Å². The molecule has 5 nitrogen and oxygen atoms in total. The molecular formula is C15H29N3O2. The Balaban J connectivity index is 1.87. The highest BCUT2D eigenvalue weighted by Crippen LogP contribution is 2.29. The molecule has 0 radical (unpaired) electrons. The average molecular weight is 283 g/mol. The second kappa shape index (κ2) is 6.76. The van der Waals surface area contributed by atoms with Crippen LogP contribution in [0.1, 0.15) is 39.5 Å². The molecule has 3 unspecified atom stereocenters. The quantitative estimate of drug-likeness (QED) is 0.684. The Morgan fingerprint density at radius 3 is 2.60 bits per heavy atom. The van der Waals surface area contributed by atoms with Crippen molar-refractivity contribution in [3.05, 3.63) is 0 Å². The van der Waals surface area contributed by atoms with Gasteiger partial charge in [-0.15, -0.1) is 0 Å². The molecule has 4 N–H and O–H groups in total. The first-order valence-electron chi connectivity index (χ1n) is 7.91. The number of urea groups is 1. The number of aliphatic hydroxyl groups is 1. The number of amides is 2. The van der Waals surface area contributed by atoms with E-state index in [4.69, 9.17) is 5.73 Å². The van der Waals surface area contributed by atoms with Gasteiger partial charge in [0.2, 0.25) is 0 Å². The average Bonchev–Trinajstić information content (AvgIpc) is 3.19. The topological polar surface area (TPSA) is 78.6 Å². The Hall–Kier alpha value is -0.810. The van der Waals surface area contributed by atoms with Gasteiger partial charge in [-0.1, -0.05) is 13.8 Å². The lowest BCUT2D eigenvalue weighted by molar-refractivity contribution is 0.0702. The molecule has 0 bridgehead atoms. The lowest BCUT2D eigenvalue weighted by Gasteiger charge is -2.38. The number of aliphatic hydroxyl groups excluding tert-OH is 1. The van der Waals surface area contributed by atoms with Crippen molar-refractivity contribution in [1.82, 2.24) is 10.2 Å². The SMILES string of the molecule is CC(C)C(O)CC1CC(NCC2CC2)CN(C(N)=O)C1. The minimum absolute atomic E-state index is 0.261. The predicted octanol–water partition coefficient (Wildman–Crippen LogP) is 1.16. The summed E-state index contributed by atoms with van der Waals surface area (Å²) in [7, 11) is 0. The van der Waals surface area contributed by atoms with E-state index in [0.29, 0.717) is 25.0 Å². The van der Waals surface area contributed by atoms with Crippen molar-refractivity contribution in [3.63, 3.8) is 0 Å². The summed E-state index contributed by atoms with van der Waals surface area (Å²) in [5.41, 5.74) is 5.45. The van der Waals surface area contributed by atoms with Crippen molar-refractivity contribution >= 4 is 6.03 Å². The number of carbonyl (C=O) groups is 1. The Morgan fingerprint density at radius 1 is 1.35 bits per heavy atom. The van der Waals surface area contributed by atoms with Gasteiger partial charge in [0.1, 0.15) is 0 Å². The Morgan fingerprint density at radius 2 is 2.05 bits per heavy atom. The van der Waals surface area contributed by atoms with Crippen LogP contribution in [-0.2, 0) is 0 Å². The highest BCUT2D eigenvalue weighted by molar-refractivity contribution is 5.72. The van der Waals surface area contributed by atoms with Crippen LogP contribution in [-0.4, -0.2) is 47.8 Å². The maximum atomic E-state index is 11.5. The van der Waals surface area contributed by atoms with Crippen molar-refractivity contribution in [3.8, 4) is 0 Å². The number of nitrogens with one attached hydrogen (secondary N) is 1. The molecule has 1 heterocycles. The fourth-order valence-corrected chi connectivity index (χ4v) is 2.97. The maximum Gasteiger partial charge on any atom is 0.314 e. The van der Waals surface area contributed by atoms with Crippen LogP contribution in [0, 0.1) is 17.8 Å². The molecule has 1 saturated heterocycles. The standard InChI is InChI=1S/C15H29N3O2/c1-10(2)14(19)6-12-5-13(17-7-11-3-4-11)9-18(8-12)15(16)20/h10-14,17,19H,3-9H2,1-2H3,(H2,16,20). The molecule has 1 aliphatic heterocycles. The van der Waals surface area contributed by atoms with Gasteiger partial charge in [0.15, 0.2) is 0 Å². The number of nitrogens with zero attached hydrogens (tertiary/aromatic N) is 1. The second-order valence-electron chi connectivity index (χ2n) is 6.94. The summed E-state index contributed by atoms with van der Waals surface area (Å²) < 4.78 is 0. The first-order valence-corrected chi connectivity index (χ1v) is 7.91. The zero-order chi connectivity index (χ0) is 14.7. The first-order chi connectivity index (χ1) is 9.45. The number of hydrogen-bond donors (Lipinski definition) is 3. The van der Waals surface area contributed by atoms with Gasteiger partial charge >= 0.3 is 6.03 Å². The Kier molecular flexibility index (Phi) is 5.27. The molecule has 2 rings (SSSR count). The summed E-state index contributed by atoms with van der Waals surface area (Å²) >= 11 is 0. The summed E-state index contributed by atoms with van der Waals surface area (Å²) in [6.07, 6.45) is 4.14. The minimum Gasteiger partial charge on any atom is -0.393 e. The number of carbonyl (C=O) groups excluding carboxylic acids is 1. The van der Waals surface area contributed by atoms with E-state index < -0.39 is 0 Å². The number of hydrogen-bond acceptors (Lipinski definition) is 3. The van der Waals surface area contributed by atoms with Gasteiger partial charge in [-0.05, 0) is 50.0 Å². The molecule has 2 aliphatic rings. The predicted molar refractivity (Wildman–Crippen MR) is 79.2 cm³/mol. The van der Waals surface area contributed by atoms with Crippen molar-refractivity contribution in [1.29, 1.82) is 0 Å². The third kappa shape index (κ3) is 4.63. The smallest absolute Gasteiger partial charge is 0.314 e. The molecule has 116 valence electrons. The van der Waals surface area contributed by atoms with Crippen LogP contribution in [0.15, 0.2) is 0 Å². The fraction of sp³-hybridized carbons (Fsp3) is 0.933. The number of rotatable bonds is 6. The van der Waals surface area contributed by atoms with Crippen LogP contribution in [0.4, 0.5) is 4.79 Å². The van der Waals surface area contributed by atoms with Crippen LogP contribution in [0.5, 0.6) is 0 Å². The first kappa shape index (κ1) is 15.6. The summed E-state index contributed by atoms with van der Waals surface area (Å²) in [6, 6.07) is -0.0202. The van der Waals surface area contributed by atoms with E-state index in [1.807, 2.05) is 13.8 Å². The molecule has 5 heteroatoms. The lowest BCUT2D eigenvalue weighted by Crippen LogP contribution is -2.53. The van der Waals surface area contributed by atoms with Gasteiger partial charge in [-0.3, -0.25) is 0 Å². The maximum absolute atomic E-state index is 11.5. The van der Waals surface area contributed by atoms with Crippen LogP contribution in [0.25, 0.3) is 0 Å². The molecule has 0 aromatic carbocycles. The van der Waals surface area contributed by atoms with Crippen LogP contribution in [0.3, 0.4) is 0 Å². The van der Waals surface area contributed by atoms with E-state index in [-0.39, 0.29) is 18.1 Å². The third-order valence-electron chi connectivity index (χ3n) is 4.59. The summed E-state index contributed by atoms with van der Waals surface area (Å²) in [5, 5.41) is 13.6. The molecule has 0 spiro atoms. The van der Waals surface area contributed by atoms with Gasteiger partial charge in [0, 0.05) is 19.1 Å². The molecule has 3 atom stereocenters. The second-order valence-corrected chi connectivity index (χ2v) is 6.94. The van der Waals surface area contributed by atoms with Crippen molar-refractivity contribution in [2.24, 2.45) is 23.5 Å². The highest BCUT2D eigenvalue weighted by atomic mass is 16.3. The number of piperidine rings is 1. The monoisotopic (exact) mass is 283 g/mol. The van der Waals surface area contributed by atoms with Crippen molar-refractivity contribution in [2.45, 2.75) is 51.7 Å². The zero-order valence-electron chi connectivity index (χ0n) is 12.7. The van der Waals surface area contributed by atoms with Crippen molar-refractivity contribution in [2.75, 3.05) is 19.6 Å². The van der Waals surface area contributed by atoms with Crippen molar-refractivity contribution < 1.29 is 9.90 Å². The van der Waals surface area contributed by atoms with E-state index in [1.165, 1.54) is 12.8 Å². The molecule has 1 aliphatic carbocycles. The summed E-state index contributed by atoms with van der Waals surface area (Å²) in [4.78, 5) is 13.2. The molecule has 0 aromatic heterocycles. The van der Waals surface area contributed by atoms with Gasteiger partial charge < -0.3 is 21.1 Å². The lowest BCUT2D eigenvalue weighted by atomic mass is 9.87.